The quantitative estimate of drug-likeness (QED) is 0.748. The van der Waals surface area contributed by atoms with E-state index in [0.717, 1.165) is 18.4 Å². The fourth-order valence-electron chi connectivity index (χ4n) is 1.47. The van der Waals surface area contributed by atoms with Gasteiger partial charge in [-0.15, -0.1) is 0 Å². The second kappa shape index (κ2) is 5.56. The van der Waals surface area contributed by atoms with E-state index in [2.05, 4.69) is 11.7 Å². The van der Waals surface area contributed by atoms with E-state index in [4.69, 9.17) is 5.73 Å². The monoisotopic (exact) mass is 210 g/mol. The first-order valence-corrected chi connectivity index (χ1v) is 5.15. The number of rotatable bonds is 5. The first-order valence-electron chi connectivity index (χ1n) is 5.15. The van der Waals surface area contributed by atoms with Crippen LogP contribution in [-0.2, 0) is 16.1 Å². The number of nitrogens with two attached hydrogens (primary N) is 1. The minimum atomic E-state index is -0.249. The number of ether oxygens (including phenoxy) is 1. The van der Waals surface area contributed by atoms with Crippen molar-refractivity contribution < 1.29 is 9.53 Å². The van der Waals surface area contributed by atoms with Crippen LogP contribution in [0.15, 0.2) is 18.5 Å². The number of methoxy groups -OCH3 is 1. The highest BCUT2D eigenvalue weighted by Gasteiger charge is 2.08. The van der Waals surface area contributed by atoms with Crippen LogP contribution in [0.4, 0.5) is 0 Å². The van der Waals surface area contributed by atoms with Gasteiger partial charge in [-0.1, -0.05) is 13.3 Å². The fourth-order valence-corrected chi connectivity index (χ4v) is 1.47. The Morgan fingerprint density at radius 2 is 2.40 bits per heavy atom. The molecule has 0 fully saturated rings. The molecule has 1 atom stereocenters. The lowest BCUT2D eigenvalue weighted by molar-refractivity contribution is -0.141. The van der Waals surface area contributed by atoms with Gasteiger partial charge in [-0.25, -0.2) is 0 Å². The Labute approximate surface area is 90.0 Å². The van der Waals surface area contributed by atoms with Crippen LogP contribution in [0.2, 0.25) is 0 Å². The predicted molar refractivity (Wildman–Crippen MR) is 58.3 cm³/mol. The van der Waals surface area contributed by atoms with Crippen LogP contribution in [0.1, 0.15) is 31.4 Å². The molecule has 0 bridgehead atoms. The van der Waals surface area contributed by atoms with Crippen LogP contribution in [-0.4, -0.2) is 17.6 Å². The zero-order valence-electron chi connectivity index (χ0n) is 9.27. The minimum absolute atomic E-state index is 0.0638. The maximum absolute atomic E-state index is 11.0. The topological polar surface area (TPSA) is 57.2 Å². The van der Waals surface area contributed by atoms with E-state index in [1.54, 1.807) is 4.57 Å². The molecule has 0 radical (unpaired) electrons. The molecular formula is C11H18N2O2. The van der Waals surface area contributed by atoms with Gasteiger partial charge in [-0.3, -0.25) is 4.79 Å². The third-order valence-corrected chi connectivity index (χ3v) is 2.34. The Balaban J connectivity index is 2.59. The lowest BCUT2D eigenvalue weighted by atomic mass is 10.1. The first kappa shape index (κ1) is 11.8. The van der Waals surface area contributed by atoms with E-state index in [1.807, 2.05) is 18.5 Å². The maximum Gasteiger partial charge on any atom is 0.325 e. The number of aromatic nitrogens is 1. The van der Waals surface area contributed by atoms with E-state index in [9.17, 15) is 4.79 Å². The third kappa shape index (κ3) is 3.40. The highest BCUT2D eigenvalue weighted by molar-refractivity contribution is 5.68. The molecule has 0 aliphatic heterocycles. The molecule has 0 spiro atoms. The van der Waals surface area contributed by atoms with Gasteiger partial charge >= 0.3 is 5.97 Å². The van der Waals surface area contributed by atoms with Gasteiger partial charge in [0.15, 0.2) is 0 Å². The van der Waals surface area contributed by atoms with Gasteiger partial charge in [0.1, 0.15) is 6.54 Å². The largest absolute Gasteiger partial charge is 0.468 e. The Bertz CT molecular complexity index is 320. The normalized spacial score (nSPS) is 12.5. The van der Waals surface area contributed by atoms with Crippen LogP contribution in [0.5, 0.6) is 0 Å². The summed E-state index contributed by atoms with van der Waals surface area (Å²) in [6.45, 7) is 2.35. The Hall–Kier alpha value is -1.29. The van der Waals surface area contributed by atoms with E-state index in [0.29, 0.717) is 0 Å². The lowest BCUT2D eigenvalue weighted by Gasteiger charge is -2.07. The number of nitrogens with zero attached hydrogens (tertiary/aromatic N) is 1. The second-order valence-corrected chi connectivity index (χ2v) is 3.59. The number of hydrogen-bond donors (Lipinski definition) is 1. The van der Waals surface area contributed by atoms with Crippen molar-refractivity contribution in [3.8, 4) is 0 Å². The molecule has 1 rings (SSSR count). The molecule has 15 heavy (non-hydrogen) atoms. The van der Waals surface area contributed by atoms with Crippen LogP contribution in [0.25, 0.3) is 0 Å². The molecule has 0 saturated heterocycles. The molecule has 4 nitrogen and oxygen atoms in total. The molecule has 1 aromatic heterocycles. The molecule has 4 heteroatoms. The Morgan fingerprint density at radius 3 is 3.00 bits per heavy atom. The van der Waals surface area contributed by atoms with Gasteiger partial charge in [-0.05, 0) is 18.1 Å². The van der Waals surface area contributed by atoms with Gasteiger partial charge in [0.05, 0.1) is 7.11 Å². The van der Waals surface area contributed by atoms with Gasteiger partial charge in [0.25, 0.3) is 0 Å². The highest BCUT2D eigenvalue weighted by atomic mass is 16.5. The summed E-state index contributed by atoms with van der Waals surface area (Å²) in [4.78, 5) is 11.0. The van der Waals surface area contributed by atoms with Gasteiger partial charge in [-0.2, -0.15) is 0 Å². The summed E-state index contributed by atoms with van der Waals surface area (Å²) in [6.07, 6.45) is 5.77. The summed E-state index contributed by atoms with van der Waals surface area (Å²) < 4.78 is 6.37. The molecule has 0 aliphatic carbocycles. The summed E-state index contributed by atoms with van der Waals surface area (Å²) in [7, 11) is 1.38. The molecule has 1 aromatic rings. The van der Waals surface area contributed by atoms with E-state index < -0.39 is 0 Å². The average Bonchev–Trinajstić information content (AvgIpc) is 2.66. The summed E-state index contributed by atoms with van der Waals surface area (Å²) in [5.74, 6) is -0.249. The molecule has 1 unspecified atom stereocenters. The van der Waals surface area contributed by atoms with Crippen molar-refractivity contribution in [1.29, 1.82) is 0 Å². The first-order chi connectivity index (χ1) is 7.17. The molecule has 2 N–H and O–H groups in total. The van der Waals surface area contributed by atoms with Crippen LogP contribution < -0.4 is 5.73 Å². The minimum Gasteiger partial charge on any atom is -0.468 e. The molecular weight excluding hydrogens is 192 g/mol. The zero-order valence-corrected chi connectivity index (χ0v) is 9.27. The maximum atomic E-state index is 11.0. The predicted octanol–water partition coefficient (Wildman–Crippen LogP) is 1.46. The van der Waals surface area contributed by atoms with Crippen molar-refractivity contribution in [3.05, 3.63) is 24.0 Å². The van der Waals surface area contributed by atoms with Crippen molar-refractivity contribution >= 4 is 5.97 Å². The molecule has 1 heterocycles. The lowest BCUT2D eigenvalue weighted by Crippen LogP contribution is -2.11. The van der Waals surface area contributed by atoms with Gasteiger partial charge in [0, 0.05) is 18.4 Å². The molecule has 84 valence electrons. The summed E-state index contributed by atoms with van der Waals surface area (Å²) in [6, 6.07) is 2.01. The second-order valence-electron chi connectivity index (χ2n) is 3.59. The van der Waals surface area contributed by atoms with Crippen molar-refractivity contribution in [2.24, 2.45) is 5.73 Å². The van der Waals surface area contributed by atoms with Gasteiger partial charge in [0.2, 0.25) is 0 Å². The average molecular weight is 210 g/mol. The van der Waals surface area contributed by atoms with E-state index >= 15 is 0 Å². The molecule has 0 aromatic carbocycles. The van der Waals surface area contributed by atoms with Crippen LogP contribution in [0, 0.1) is 0 Å². The Morgan fingerprint density at radius 1 is 1.67 bits per heavy atom. The molecule has 0 saturated carbocycles. The number of carbonyl (C=O) groups is 1. The van der Waals surface area contributed by atoms with Crippen LogP contribution >= 0.6 is 0 Å². The number of carbonyl (C=O) groups excluding carboxylic acids is 1. The molecule has 0 amide bonds. The van der Waals surface area contributed by atoms with Crippen LogP contribution in [0.3, 0.4) is 0 Å². The number of esters is 1. The van der Waals surface area contributed by atoms with Crippen molar-refractivity contribution in [3.63, 3.8) is 0 Å². The fraction of sp³-hybridized carbons (Fsp3) is 0.545. The van der Waals surface area contributed by atoms with Gasteiger partial charge < -0.3 is 15.0 Å². The summed E-state index contributed by atoms with van der Waals surface area (Å²) >= 11 is 0. The van der Waals surface area contributed by atoms with E-state index in [-0.39, 0.29) is 18.6 Å². The van der Waals surface area contributed by atoms with Crippen molar-refractivity contribution in [2.75, 3.05) is 7.11 Å². The Kier molecular flexibility index (Phi) is 4.37. The van der Waals surface area contributed by atoms with E-state index in [1.165, 1.54) is 7.11 Å². The summed E-state index contributed by atoms with van der Waals surface area (Å²) in [5.41, 5.74) is 7.02. The summed E-state index contributed by atoms with van der Waals surface area (Å²) in [5, 5.41) is 0. The smallest absolute Gasteiger partial charge is 0.325 e. The van der Waals surface area contributed by atoms with Crippen molar-refractivity contribution in [2.45, 2.75) is 32.4 Å². The third-order valence-electron chi connectivity index (χ3n) is 2.34. The molecule has 0 aliphatic rings. The zero-order chi connectivity index (χ0) is 11.3. The highest BCUT2D eigenvalue weighted by Crippen LogP contribution is 2.15. The standard InChI is InChI=1S/C11H18N2O2/c1-3-4-10(12)9-5-6-13(7-9)8-11(14)15-2/h5-7,10H,3-4,8,12H2,1-2H3. The SMILES string of the molecule is CCCC(N)c1ccn(CC(=O)OC)c1. The number of hydrogen-bond acceptors (Lipinski definition) is 3. The van der Waals surface area contributed by atoms with Crippen molar-refractivity contribution in [1.82, 2.24) is 4.57 Å².